The first-order valence-corrected chi connectivity index (χ1v) is 8.37. The van der Waals surface area contributed by atoms with Crippen LogP contribution in [0.1, 0.15) is 27.2 Å². The molecular weight excluding hydrogens is 276 g/mol. The largest absolute Gasteiger partial charge is 0.444 e. The van der Waals surface area contributed by atoms with E-state index in [2.05, 4.69) is 0 Å². The monoisotopic (exact) mass is 300 g/mol. The number of likely N-dealkylation sites (tertiary alicyclic amines) is 1. The first kappa shape index (κ1) is 15.5. The second kappa shape index (κ2) is 6.24. The van der Waals surface area contributed by atoms with Crippen LogP contribution in [0, 0.1) is 5.92 Å². The molecule has 0 aromatic rings. The van der Waals surface area contributed by atoms with Crippen LogP contribution in [0.4, 0.5) is 4.79 Å². The summed E-state index contributed by atoms with van der Waals surface area (Å²) in [5.41, 5.74) is -0.483. The maximum atomic E-state index is 12.4. The molecule has 0 N–H and O–H groups in total. The van der Waals surface area contributed by atoms with Gasteiger partial charge in [0.15, 0.2) is 0 Å². The van der Waals surface area contributed by atoms with Gasteiger partial charge < -0.3 is 14.5 Å². The van der Waals surface area contributed by atoms with Crippen LogP contribution in [-0.2, 0) is 9.53 Å². The standard InChI is InChI=1S/C14H24N2O3S/c1-14(2,3)19-13(18)16-5-4-11(10-16)12(17)15-6-8-20-9-7-15/h11H,4-10H2,1-3H3. The minimum atomic E-state index is -0.483. The van der Waals surface area contributed by atoms with Crippen LogP contribution in [0.15, 0.2) is 0 Å². The lowest BCUT2D eigenvalue weighted by molar-refractivity contribution is -0.134. The molecule has 2 aliphatic heterocycles. The van der Waals surface area contributed by atoms with Crippen molar-refractivity contribution in [2.75, 3.05) is 37.7 Å². The highest BCUT2D eigenvalue weighted by Crippen LogP contribution is 2.22. The Labute approximate surface area is 125 Å². The molecule has 6 heteroatoms. The van der Waals surface area contributed by atoms with E-state index in [1.165, 1.54) is 0 Å². The molecule has 0 bridgehead atoms. The minimum absolute atomic E-state index is 0.0504. The minimum Gasteiger partial charge on any atom is -0.444 e. The molecule has 2 heterocycles. The molecule has 0 spiro atoms. The lowest BCUT2D eigenvalue weighted by Crippen LogP contribution is -2.43. The summed E-state index contributed by atoms with van der Waals surface area (Å²) in [5.74, 6) is 2.20. The summed E-state index contributed by atoms with van der Waals surface area (Å²) in [5, 5.41) is 0. The van der Waals surface area contributed by atoms with E-state index in [1.807, 2.05) is 37.4 Å². The van der Waals surface area contributed by atoms with E-state index < -0.39 is 5.60 Å². The number of carbonyl (C=O) groups excluding carboxylic acids is 2. The predicted molar refractivity (Wildman–Crippen MR) is 79.8 cm³/mol. The molecule has 2 amide bonds. The van der Waals surface area contributed by atoms with E-state index in [-0.39, 0.29) is 17.9 Å². The van der Waals surface area contributed by atoms with E-state index in [0.717, 1.165) is 31.0 Å². The van der Waals surface area contributed by atoms with Gasteiger partial charge in [-0.15, -0.1) is 0 Å². The van der Waals surface area contributed by atoms with Gasteiger partial charge in [-0.3, -0.25) is 4.79 Å². The predicted octanol–water partition coefficient (Wildman–Crippen LogP) is 1.82. The van der Waals surface area contributed by atoms with E-state index >= 15 is 0 Å². The molecule has 5 nitrogen and oxygen atoms in total. The molecule has 2 saturated heterocycles. The highest BCUT2D eigenvalue weighted by atomic mass is 32.2. The molecule has 0 aliphatic carbocycles. The average Bonchev–Trinajstić information content (AvgIpc) is 2.86. The molecule has 0 aromatic heterocycles. The fourth-order valence-electron chi connectivity index (χ4n) is 2.50. The van der Waals surface area contributed by atoms with Gasteiger partial charge in [0.2, 0.25) is 5.91 Å². The lowest BCUT2D eigenvalue weighted by atomic mass is 10.1. The Kier molecular flexibility index (Phi) is 4.83. The molecular formula is C14H24N2O3S. The number of carbonyl (C=O) groups is 2. The molecule has 0 radical (unpaired) electrons. The quantitative estimate of drug-likeness (QED) is 0.741. The average molecular weight is 300 g/mol. The van der Waals surface area contributed by atoms with Crippen molar-refractivity contribution >= 4 is 23.8 Å². The number of ether oxygens (including phenoxy) is 1. The van der Waals surface area contributed by atoms with E-state index in [1.54, 1.807) is 4.90 Å². The van der Waals surface area contributed by atoms with E-state index in [0.29, 0.717) is 13.1 Å². The fourth-order valence-corrected chi connectivity index (χ4v) is 3.40. The van der Waals surface area contributed by atoms with Gasteiger partial charge in [-0.05, 0) is 27.2 Å². The Balaban J connectivity index is 1.85. The molecule has 1 atom stereocenters. The zero-order valence-electron chi connectivity index (χ0n) is 12.6. The van der Waals surface area contributed by atoms with Gasteiger partial charge >= 0.3 is 6.09 Å². The van der Waals surface area contributed by atoms with Crippen LogP contribution in [0.25, 0.3) is 0 Å². The number of rotatable bonds is 1. The number of thioether (sulfide) groups is 1. The van der Waals surface area contributed by atoms with Gasteiger partial charge in [-0.25, -0.2) is 4.79 Å². The third-order valence-corrected chi connectivity index (χ3v) is 4.45. The summed E-state index contributed by atoms with van der Waals surface area (Å²) >= 11 is 1.89. The van der Waals surface area contributed by atoms with Gasteiger partial charge in [0.05, 0.1) is 5.92 Å². The van der Waals surface area contributed by atoms with Crippen molar-refractivity contribution in [3.63, 3.8) is 0 Å². The first-order chi connectivity index (χ1) is 9.37. The maximum absolute atomic E-state index is 12.4. The van der Waals surface area contributed by atoms with Gasteiger partial charge in [0.1, 0.15) is 5.60 Å². The lowest BCUT2D eigenvalue weighted by Gasteiger charge is -2.29. The molecule has 2 aliphatic rings. The third kappa shape index (κ3) is 4.04. The second-order valence-corrected chi connectivity index (χ2v) is 7.57. The van der Waals surface area contributed by atoms with Crippen molar-refractivity contribution in [2.24, 2.45) is 5.92 Å². The van der Waals surface area contributed by atoms with Crippen LogP contribution >= 0.6 is 11.8 Å². The molecule has 114 valence electrons. The molecule has 20 heavy (non-hydrogen) atoms. The second-order valence-electron chi connectivity index (χ2n) is 6.35. The highest BCUT2D eigenvalue weighted by Gasteiger charge is 2.35. The van der Waals surface area contributed by atoms with Gasteiger partial charge in [-0.1, -0.05) is 0 Å². The van der Waals surface area contributed by atoms with E-state index in [9.17, 15) is 9.59 Å². The Morgan fingerprint density at radius 1 is 1.10 bits per heavy atom. The highest BCUT2D eigenvalue weighted by molar-refractivity contribution is 7.99. The number of nitrogens with zero attached hydrogens (tertiary/aromatic N) is 2. The topological polar surface area (TPSA) is 49.9 Å². The van der Waals surface area contributed by atoms with Crippen molar-refractivity contribution in [2.45, 2.75) is 32.8 Å². The van der Waals surface area contributed by atoms with Crippen LogP contribution in [0.3, 0.4) is 0 Å². The number of hydrogen-bond acceptors (Lipinski definition) is 4. The van der Waals surface area contributed by atoms with Crippen LogP contribution in [0.5, 0.6) is 0 Å². The molecule has 2 rings (SSSR count). The zero-order valence-corrected chi connectivity index (χ0v) is 13.4. The van der Waals surface area contributed by atoms with Crippen molar-refractivity contribution in [1.29, 1.82) is 0 Å². The first-order valence-electron chi connectivity index (χ1n) is 7.21. The fraction of sp³-hybridized carbons (Fsp3) is 0.857. The summed E-state index contributed by atoms with van der Waals surface area (Å²) in [7, 11) is 0. The Morgan fingerprint density at radius 3 is 2.35 bits per heavy atom. The van der Waals surface area contributed by atoms with Crippen LogP contribution in [-0.4, -0.2) is 65.1 Å². The Bertz CT molecular complexity index is 375. The summed E-state index contributed by atoms with van der Waals surface area (Å²) < 4.78 is 5.35. The number of amides is 2. The van der Waals surface area contributed by atoms with Gasteiger partial charge in [-0.2, -0.15) is 11.8 Å². The number of hydrogen-bond donors (Lipinski definition) is 0. The Morgan fingerprint density at radius 2 is 1.75 bits per heavy atom. The summed E-state index contributed by atoms with van der Waals surface area (Å²) in [6.07, 6.45) is 0.448. The van der Waals surface area contributed by atoms with Gasteiger partial charge in [0.25, 0.3) is 0 Å². The van der Waals surface area contributed by atoms with Gasteiger partial charge in [0, 0.05) is 37.7 Å². The summed E-state index contributed by atoms with van der Waals surface area (Å²) in [4.78, 5) is 28.0. The van der Waals surface area contributed by atoms with Crippen molar-refractivity contribution in [3.8, 4) is 0 Å². The van der Waals surface area contributed by atoms with E-state index in [4.69, 9.17) is 4.74 Å². The van der Waals surface area contributed by atoms with Crippen molar-refractivity contribution < 1.29 is 14.3 Å². The third-order valence-electron chi connectivity index (χ3n) is 3.51. The molecule has 2 fully saturated rings. The van der Waals surface area contributed by atoms with Crippen LogP contribution < -0.4 is 0 Å². The van der Waals surface area contributed by atoms with Crippen molar-refractivity contribution in [3.05, 3.63) is 0 Å². The van der Waals surface area contributed by atoms with Crippen LogP contribution in [0.2, 0.25) is 0 Å². The summed E-state index contributed by atoms with van der Waals surface area (Å²) in [6, 6.07) is 0. The maximum Gasteiger partial charge on any atom is 0.410 e. The molecule has 1 unspecified atom stereocenters. The smallest absolute Gasteiger partial charge is 0.410 e. The Hall–Kier alpha value is -0.910. The molecule has 0 aromatic carbocycles. The SMILES string of the molecule is CC(C)(C)OC(=O)N1CCC(C(=O)N2CCSCC2)C1. The normalized spacial score (nSPS) is 23.9. The summed E-state index contributed by atoms with van der Waals surface area (Å²) in [6.45, 7) is 8.36. The molecule has 0 saturated carbocycles. The zero-order chi connectivity index (χ0) is 14.8. The van der Waals surface area contributed by atoms with Crippen molar-refractivity contribution in [1.82, 2.24) is 9.80 Å².